The van der Waals surface area contributed by atoms with Gasteiger partial charge in [-0.15, -0.1) is 0 Å². The van der Waals surface area contributed by atoms with Crippen molar-refractivity contribution in [1.82, 2.24) is 37.2 Å². The molecule has 3 rings (SSSR count). The maximum atomic E-state index is 14.4. The number of methoxy groups -OCH3 is 1. The van der Waals surface area contributed by atoms with Gasteiger partial charge >= 0.3 is 5.63 Å². The average Bonchev–Trinajstić information content (AvgIpc) is 3.42. The molecule has 0 radical (unpaired) electrons. The number of nitrogens with one attached hydrogen (secondary N) is 8. The van der Waals surface area contributed by atoms with Crippen LogP contribution in [0.25, 0.3) is 11.0 Å². The van der Waals surface area contributed by atoms with Crippen molar-refractivity contribution in [2.24, 2.45) is 39.6 Å². The molecule has 6 atom stereocenters. The molecule has 444 valence electrons. The summed E-state index contributed by atoms with van der Waals surface area (Å²) in [6.45, 7) is 3.92. The molecule has 18 N–H and O–H groups in total. The number of nitrogens with zero attached hydrogens (tertiary/aromatic N) is 3. The molecular formula is C50H74N16O15. The fraction of sp³-hybridized carbons (Fsp3) is 0.520. The van der Waals surface area contributed by atoms with Crippen molar-refractivity contribution >= 4 is 81.2 Å². The number of nitro groups is 2. The zero-order valence-corrected chi connectivity index (χ0v) is 45.5. The molecular weight excluding hydrogens is 1060 g/mol. The lowest BCUT2D eigenvalue weighted by molar-refractivity contribution is -0.393. The van der Waals surface area contributed by atoms with Crippen molar-refractivity contribution in [3.63, 3.8) is 0 Å². The van der Waals surface area contributed by atoms with E-state index in [0.717, 1.165) is 18.2 Å². The van der Waals surface area contributed by atoms with Crippen molar-refractivity contribution in [1.29, 1.82) is 0 Å². The number of primary amides is 1. The second-order valence-electron chi connectivity index (χ2n) is 19.1. The van der Waals surface area contributed by atoms with E-state index in [-0.39, 0.29) is 74.8 Å². The Morgan fingerprint density at radius 1 is 0.667 bits per heavy atom. The number of amides is 8. The molecule has 8 amide bonds. The summed E-state index contributed by atoms with van der Waals surface area (Å²) in [5.41, 5.74) is 25.8. The number of benzene rings is 2. The lowest BCUT2D eigenvalue weighted by Crippen LogP contribution is -2.59. The van der Waals surface area contributed by atoms with Crippen LogP contribution >= 0.6 is 0 Å². The molecule has 0 aliphatic rings. The summed E-state index contributed by atoms with van der Waals surface area (Å²) < 4.78 is 10.5. The summed E-state index contributed by atoms with van der Waals surface area (Å²) in [4.78, 5) is 147. The smallest absolute Gasteiger partial charge is 0.336 e. The summed E-state index contributed by atoms with van der Waals surface area (Å²) in [6.07, 6.45) is 1.50. The minimum absolute atomic E-state index is 0.0134. The van der Waals surface area contributed by atoms with E-state index < -0.39 is 123 Å². The van der Waals surface area contributed by atoms with Gasteiger partial charge < -0.3 is 80.4 Å². The van der Waals surface area contributed by atoms with Crippen molar-refractivity contribution in [2.45, 2.75) is 121 Å². The van der Waals surface area contributed by atoms with E-state index in [4.69, 9.17) is 37.8 Å². The van der Waals surface area contributed by atoms with Crippen molar-refractivity contribution in [2.75, 3.05) is 45.2 Å². The van der Waals surface area contributed by atoms with E-state index in [1.807, 2.05) is 0 Å². The van der Waals surface area contributed by atoms with Crippen LogP contribution in [0, 0.1) is 26.1 Å². The first kappa shape index (κ1) is 66.3. The molecule has 2 aromatic carbocycles. The molecule has 0 saturated carbocycles. The summed E-state index contributed by atoms with van der Waals surface area (Å²) in [6, 6.07) is 0.340. The summed E-state index contributed by atoms with van der Waals surface area (Å²) in [7, 11) is 1.43. The van der Waals surface area contributed by atoms with Gasteiger partial charge in [0.25, 0.3) is 11.4 Å². The third-order valence-electron chi connectivity index (χ3n) is 12.2. The van der Waals surface area contributed by atoms with Gasteiger partial charge in [0.1, 0.15) is 53.3 Å². The zero-order chi connectivity index (χ0) is 60.3. The lowest BCUT2D eigenvalue weighted by atomic mass is 10.0. The Balaban J connectivity index is 1.93. The highest BCUT2D eigenvalue weighted by Crippen LogP contribution is 2.29. The van der Waals surface area contributed by atoms with Gasteiger partial charge in [0.05, 0.1) is 36.0 Å². The second-order valence-corrected chi connectivity index (χ2v) is 19.1. The Morgan fingerprint density at radius 3 is 1.83 bits per heavy atom. The Labute approximate surface area is 465 Å². The monoisotopic (exact) mass is 1140 g/mol. The number of rotatable bonds is 36. The number of unbranched alkanes of at least 4 members (excludes halogenated alkanes) is 2. The van der Waals surface area contributed by atoms with Crippen LogP contribution in [-0.4, -0.2) is 139 Å². The third kappa shape index (κ3) is 22.7. The van der Waals surface area contributed by atoms with E-state index >= 15 is 0 Å². The number of guanidine groups is 1. The molecule has 31 nitrogen and oxygen atoms in total. The molecule has 0 unspecified atom stereocenters. The van der Waals surface area contributed by atoms with Gasteiger partial charge in [-0.05, 0) is 107 Å². The number of non-ortho nitro benzene ring substituents is 1. The summed E-state index contributed by atoms with van der Waals surface area (Å²) >= 11 is 0. The second kappa shape index (κ2) is 33.4. The normalized spacial score (nSPS) is 13.2. The van der Waals surface area contributed by atoms with Gasteiger partial charge in [-0.1, -0.05) is 13.8 Å². The maximum Gasteiger partial charge on any atom is 0.336 e. The van der Waals surface area contributed by atoms with Gasteiger partial charge in [-0.2, -0.15) is 0 Å². The minimum Gasteiger partial charge on any atom is -0.497 e. The first-order valence-corrected chi connectivity index (χ1v) is 26.0. The van der Waals surface area contributed by atoms with E-state index in [1.165, 1.54) is 20.1 Å². The standard InChI is InChI=1S/C50H74N16O15/c1-27(2)20-37(60-41(67)21-29-22-43(69)81-40-24-31(80-4)14-15-32(29)40)49(75)63-35(11-6-8-18-52)47(73)62-36(12-9-19-56-50(54)55)48(74)64-38(25-57-33-16-13-30(65(76)77)23-39(33)66(78)79)46(72)58-26-42(68)59-28(3)45(71)61-34(44(53)70)10-5-7-17-51/h13-16,22-24,27-28,34-38,57H,5-12,17-21,25-26,51-52H2,1-4H3,(H2,53,70)(H,58,72)(H,59,68)(H,60,67)(H,61,71)(H,62,73)(H,63,75)(H,64,74)(H4,54,55,56)/t28-,34-,35-,36-,37-,38-/m0/s1. The van der Waals surface area contributed by atoms with Gasteiger partial charge in [0, 0.05) is 36.7 Å². The first-order valence-electron chi connectivity index (χ1n) is 26.0. The quantitative estimate of drug-likeness (QED) is 0.00760. The third-order valence-corrected chi connectivity index (χ3v) is 12.2. The largest absolute Gasteiger partial charge is 0.497 e. The van der Waals surface area contributed by atoms with Gasteiger partial charge in [-0.3, -0.25) is 63.6 Å². The van der Waals surface area contributed by atoms with Crippen LogP contribution in [0.2, 0.25) is 0 Å². The maximum absolute atomic E-state index is 14.4. The molecule has 31 heteroatoms. The van der Waals surface area contributed by atoms with Crippen LogP contribution in [0.3, 0.4) is 0 Å². The number of hydrogen-bond acceptors (Lipinski definition) is 19. The van der Waals surface area contributed by atoms with E-state index in [1.54, 1.807) is 26.0 Å². The van der Waals surface area contributed by atoms with E-state index in [0.29, 0.717) is 55.0 Å². The Morgan fingerprint density at radius 2 is 1.26 bits per heavy atom. The highest BCUT2D eigenvalue weighted by Gasteiger charge is 2.33. The minimum atomic E-state index is -1.74. The Bertz CT molecular complexity index is 2810. The fourth-order valence-electron chi connectivity index (χ4n) is 8.03. The number of hydrogen-bond donors (Lipinski definition) is 13. The zero-order valence-electron chi connectivity index (χ0n) is 45.5. The number of fused-ring (bicyclic) bond motifs is 1. The molecule has 3 aromatic rings. The molecule has 0 fully saturated rings. The van der Waals surface area contributed by atoms with Crippen LogP contribution in [0.15, 0.2) is 56.7 Å². The topological polar surface area (TPSA) is 501 Å². The van der Waals surface area contributed by atoms with Crippen LogP contribution in [0.1, 0.15) is 84.1 Å². The van der Waals surface area contributed by atoms with Crippen molar-refractivity contribution in [3.8, 4) is 5.75 Å². The molecule has 1 aromatic heterocycles. The number of nitrogens with two attached hydrogens (primary N) is 5. The molecule has 81 heavy (non-hydrogen) atoms. The number of nitro benzene ring substituents is 2. The lowest BCUT2D eigenvalue weighted by Gasteiger charge is -2.27. The average molecular weight is 1140 g/mol. The SMILES string of the molecule is COc1ccc2c(CC(=O)N[C@@H](CC(C)C)C(=O)N[C@@H](CCCCN)C(=O)N[C@@H](CCCN=C(N)N)C(=O)N[C@@H](CNc3ccc([N+](=O)[O-])cc3[N+](=O)[O-])C(=O)NCC(=O)N[C@@H](C)C(=O)N[C@@H](CCCCN)C(N)=O)cc(=O)oc2c1. The molecule has 0 aliphatic heterocycles. The Hall–Kier alpha value is -9.00. The van der Waals surface area contributed by atoms with Gasteiger partial charge in [0.2, 0.25) is 47.3 Å². The molecule has 0 spiro atoms. The number of carbonyl (C=O) groups is 8. The summed E-state index contributed by atoms with van der Waals surface area (Å²) in [5.74, 6) is -6.98. The van der Waals surface area contributed by atoms with Crippen LogP contribution in [-0.2, 0) is 44.8 Å². The predicted molar refractivity (Wildman–Crippen MR) is 296 cm³/mol. The highest BCUT2D eigenvalue weighted by atomic mass is 16.6. The fourth-order valence-corrected chi connectivity index (χ4v) is 8.03. The van der Waals surface area contributed by atoms with Crippen molar-refractivity contribution < 1.29 is 57.4 Å². The van der Waals surface area contributed by atoms with E-state index in [9.17, 15) is 63.4 Å². The van der Waals surface area contributed by atoms with E-state index in [2.05, 4.69) is 47.5 Å². The molecule has 0 aliphatic carbocycles. The van der Waals surface area contributed by atoms with Crippen molar-refractivity contribution in [3.05, 3.63) is 78.7 Å². The van der Waals surface area contributed by atoms with Crippen LogP contribution in [0.4, 0.5) is 17.1 Å². The Kier molecular flexibility index (Phi) is 27.4. The number of aliphatic imine (C=N–C) groups is 1. The van der Waals surface area contributed by atoms with Gasteiger partial charge in [-0.25, -0.2) is 4.79 Å². The van der Waals surface area contributed by atoms with Gasteiger partial charge in [0.15, 0.2) is 5.96 Å². The van der Waals surface area contributed by atoms with Crippen LogP contribution < -0.4 is 81.6 Å². The molecule has 1 heterocycles. The highest BCUT2D eigenvalue weighted by molar-refractivity contribution is 5.97. The molecule has 0 saturated heterocycles. The number of carbonyl (C=O) groups excluding carboxylic acids is 8. The molecule has 0 bridgehead atoms. The number of ether oxygens (including phenoxy) is 1. The first-order chi connectivity index (χ1) is 38.4. The number of anilines is 1. The summed E-state index contributed by atoms with van der Waals surface area (Å²) in [5, 5.41) is 44.1. The van der Waals surface area contributed by atoms with Crippen LogP contribution in [0.5, 0.6) is 5.75 Å². The predicted octanol–water partition coefficient (Wildman–Crippen LogP) is -1.84.